The van der Waals surface area contributed by atoms with Crippen molar-refractivity contribution in [3.63, 3.8) is 0 Å². The van der Waals surface area contributed by atoms with Crippen LogP contribution in [-0.4, -0.2) is 6.21 Å². The second kappa shape index (κ2) is 9.70. The molecule has 0 aromatic heterocycles. The van der Waals surface area contributed by atoms with Gasteiger partial charge in [-0.1, -0.05) is 52.7 Å². The van der Waals surface area contributed by atoms with Gasteiger partial charge in [0.15, 0.2) is 0 Å². The molecule has 0 N–H and O–H groups in total. The van der Waals surface area contributed by atoms with Crippen LogP contribution in [0.2, 0.25) is 0 Å². The summed E-state index contributed by atoms with van der Waals surface area (Å²) in [5.41, 5.74) is 1.13. The van der Waals surface area contributed by atoms with Gasteiger partial charge in [-0.3, -0.25) is 4.99 Å². The third-order valence-electron chi connectivity index (χ3n) is 1.92. The molecule has 0 aromatic rings. The molecule has 0 bridgehead atoms. The molecule has 1 heterocycles. The zero-order valence-electron chi connectivity index (χ0n) is 10.7. The Bertz CT molecular complexity index is 223. The fraction of sp³-hybridized carbons (Fsp3) is 0.643. The second-order valence-corrected chi connectivity index (χ2v) is 4.02. The van der Waals surface area contributed by atoms with Crippen molar-refractivity contribution in [3.8, 4) is 0 Å². The molecule has 86 valence electrons. The molecule has 0 saturated carbocycles. The second-order valence-electron chi connectivity index (χ2n) is 4.02. The molecule has 1 rings (SSSR count). The van der Waals surface area contributed by atoms with Crippen molar-refractivity contribution in [2.24, 2.45) is 10.9 Å². The Balaban J connectivity index is 0.000000583. The monoisotopic (exact) mass is 207 g/mol. The molecule has 0 saturated heterocycles. The number of hydrogen-bond donors (Lipinski definition) is 0. The quantitative estimate of drug-likeness (QED) is 0.633. The third-order valence-corrected chi connectivity index (χ3v) is 1.92. The van der Waals surface area contributed by atoms with E-state index in [0.29, 0.717) is 5.92 Å². The maximum atomic E-state index is 4.33. The van der Waals surface area contributed by atoms with Crippen LogP contribution in [-0.2, 0) is 0 Å². The first kappa shape index (κ1) is 14.2. The first-order valence-electron chi connectivity index (χ1n) is 6.15. The van der Waals surface area contributed by atoms with E-state index in [-0.39, 0.29) is 0 Å². The van der Waals surface area contributed by atoms with E-state index < -0.39 is 0 Å². The van der Waals surface area contributed by atoms with Crippen LogP contribution in [0.3, 0.4) is 0 Å². The number of nitrogens with zero attached hydrogens (tertiary/aromatic N) is 1. The average Bonchev–Trinajstić information content (AvgIpc) is 2.23. The molecule has 0 radical (unpaired) electrons. The van der Waals surface area contributed by atoms with Crippen LogP contribution in [0.25, 0.3) is 0 Å². The molecule has 0 fully saturated rings. The van der Waals surface area contributed by atoms with Gasteiger partial charge in [0, 0.05) is 6.21 Å². The van der Waals surface area contributed by atoms with Crippen LogP contribution < -0.4 is 0 Å². The molecule has 0 aromatic carbocycles. The molecule has 1 aliphatic rings. The topological polar surface area (TPSA) is 12.4 Å². The number of unbranched alkanes of at least 4 members (excludes halogenated alkanes) is 1. The SMILES string of the molecule is CCC.CCC/C=C/C1=CCC(C)C=N1. The molecule has 1 nitrogen and oxygen atoms in total. The minimum absolute atomic E-state index is 0.619. The van der Waals surface area contributed by atoms with Gasteiger partial charge in [0.1, 0.15) is 0 Å². The van der Waals surface area contributed by atoms with Gasteiger partial charge >= 0.3 is 0 Å². The van der Waals surface area contributed by atoms with Crippen LogP contribution in [0.15, 0.2) is 28.9 Å². The van der Waals surface area contributed by atoms with E-state index in [0.717, 1.165) is 18.5 Å². The molecule has 0 spiro atoms. The van der Waals surface area contributed by atoms with Gasteiger partial charge in [0.2, 0.25) is 0 Å². The lowest BCUT2D eigenvalue weighted by Crippen LogP contribution is -1.98. The number of hydrogen-bond acceptors (Lipinski definition) is 1. The van der Waals surface area contributed by atoms with Gasteiger partial charge in [-0.25, -0.2) is 0 Å². The van der Waals surface area contributed by atoms with E-state index in [1.807, 2.05) is 6.21 Å². The average molecular weight is 207 g/mol. The lowest BCUT2D eigenvalue weighted by molar-refractivity contribution is 0.789. The Morgan fingerprint density at radius 3 is 2.53 bits per heavy atom. The Morgan fingerprint density at radius 2 is 2.07 bits per heavy atom. The fourth-order valence-electron chi connectivity index (χ4n) is 1.12. The van der Waals surface area contributed by atoms with Crippen molar-refractivity contribution >= 4 is 6.21 Å². The van der Waals surface area contributed by atoms with E-state index in [4.69, 9.17) is 0 Å². The smallest absolute Gasteiger partial charge is 0.0583 e. The van der Waals surface area contributed by atoms with Crippen molar-refractivity contribution in [2.75, 3.05) is 0 Å². The molecule has 0 aliphatic carbocycles. The Hall–Kier alpha value is -0.850. The van der Waals surface area contributed by atoms with Gasteiger partial charge in [0.05, 0.1) is 5.70 Å². The van der Waals surface area contributed by atoms with E-state index in [9.17, 15) is 0 Å². The lowest BCUT2D eigenvalue weighted by atomic mass is 10.1. The Kier molecular flexibility index (Phi) is 9.15. The highest BCUT2D eigenvalue weighted by Gasteiger charge is 2.01. The maximum absolute atomic E-state index is 4.33. The van der Waals surface area contributed by atoms with E-state index in [1.54, 1.807) is 0 Å². The van der Waals surface area contributed by atoms with Crippen LogP contribution >= 0.6 is 0 Å². The van der Waals surface area contributed by atoms with Gasteiger partial charge in [-0.15, -0.1) is 0 Å². The normalized spacial score (nSPS) is 19.7. The summed E-state index contributed by atoms with van der Waals surface area (Å²) in [6.45, 7) is 8.62. The van der Waals surface area contributed by atoms with Crippen molar-refractivity contribution in [1.82, 2.24) is 0 Å². The fourth-order valence-corrected chi connectivity index (χ4v) is 1.12. The van der Waals surface area contributed by atoms with Crippen molar-refractivity contribution in [2.45, 2.75) is 53.4 Å². The summed E-state index contributed by atoms with van der Waals surface area (Å²) in [6.07, 6.45) is 13.3. The first-order valence-corrected chi connectivity index (χ1v) is 6.15. The van der Waals surface area contributed by atoms with Crippen molar-refractivity contribution in [1.29, 1.82) is 0 Å². The highest BCUT2D eigenvalue weighted by molar-refractivity contribution is 5.64. The summed E-state index contributed by atoms with van der Waals surface area (Å²) >= 11 is 0. The standard InChI is InChI=1S/C11H17N.C3H8/c1-3-4-5-6-11-8-7-10(2)9-12-11;1-3-2/h5-6,8-10H,3-4,7H2,1-2H3;3H2,1-2H3/b6-5+;. The van der Waals surface area contributed by atoms with Crippen molar-refractivity contribution in [3.05, 3.63) is 23.9 Å². The van der Waals surface area contributed by atoms with E-state index in [1.165, 1.54) is 12.8 Å². The molecule has 1 aliphatic heterocycles. The Morgan fingerprint density at radius 1 is 1.40 bits per heavy atom. The third kappa shape index (κ3) is 8.17. The summed E-state index contributed by atoms with van der Waals surface area (Å²) in [4.78, 5) is 4.33. The summed E-state index contributed by atoms with van der Waals surface area (Å²) in [5.74, 6) is 0.619. The van der Waals surface area contributed by atoms with Gasteiger partial charge in [0.25, 0.3) is 0 Å². The number of rotatable bonds is 3. The maximum Gasteiger partial charge on any atom is 0.0583 e. The van der Waals surface area contributed by atoms with Crippen LogP contribution in [0, 0.1) is 5.92 Å². The molecule has 1 unspecified atom stereocenters. The van der Waals surface area contributed by atoms with E-state index >= 15 is 0 Å². The van der Waals surface area contributed by atoms with Crippen molar-refractivity contribution < 1.29 is 0 Å². The van der Waals surface area contributed by atoms with Crippen LogP contribution in [0.4, 0.5) is 0 Å². The molecular weight excluding hydrogens is 182 g/mol. The largest absolute Gasteiger partial charge is 0.261 e. The zero-order valence-corrected chi connectivity index (χ0v) is 10.7. The minimum atomic E-state index is 0.619. The molecule has 1 heteroatoms. The summed E-state index contributed by atoms with van der Waals surface area (Å²) in [6, 6.07) is 0. The molecular formula is C14H25N. The highest BCUT2D eigenvalue weighted by atomic mass is 14.7. The minimum Gasteiger partial charge on any atom is -0.261 e. The van der Waals surface area contributed by atoms with Crippen LogP contribution in [0.5, 0.6) is 0 Å². The first-order chi connectivity index (χ1) is 7.24. The molecule has 1 atom stereocenters. The van der Waals surface area contributed by atoms with E-state index in [2.05, 4.69) is 50.9 Å². The highest BCUT2D eigenvalue weighted by Crippen LogP contribution is 2.12. The molecule has 15 heavy (non-hydrogen) atoms. The predicted octanol–water partition coefficient (Wildman–Crippen LogP) is 4.75. The molecule has 0 amide bonds. The number of allylic oxidation sites excluding steroid dienone is 3. The predicted molar refractivity (Wildman–Crippen MR) is 70.4 cm³/mol. The number of aliphatic imine (C=N–C) groups is 1. The summed E-state index contributed by atoms with van der Waals surface area (Å²) < 4.78 is 0. The lowest BCUT2D eigenvalue weighted by Gasteiger charge is -2.07. The summed E-state index contributed by atoms with van der Waals surface area (Å²) in [5, 5.41) is 0. The zero-order chi connectivity index (χ0) is 11.5. The Labute approximate surface area is 95.0 Å². The van der Waals surface area contributed by atoms with Gasteiger partial charge in [-0.05, 0) is 24.8 Å². The summed E-state index contributed by atoms with van der Waals surface area (Å²) in [7, 11) is 0. The van der Waals surface area contributed by atoms with Crippen LogP contribution in [0.1, 0.15) is 53.4 Å². The van der Waals surface area contributed by atoms with Gasteiger partial charge < -0.3 is 0 Å². The van der Waals surface area contributed by atoms with Gasteiger partial charge in [-0.2, -0.15) is 0 Å².